The summed E-state index contributed by atoms with van der Waals surface area (Å²) >= 11 is 1.54. The van der Waals surface area contributed by atoms with E-state index < -0.39 is 0 Å². The molecule has 2 N–H and O–H groups in total. The molecule has 6 nitrogen and oxygen atoms in total. The molecule has 0 bridgehead atoms. The first-order valence-corrected chi connectivity index (χ1v) is 12.4. The molecule has 2 aliphatic rings. The first-order valence-electron chi connectivity index (χ1n) is 11.4. The largest absolute Gasteiger partial charge is 0.371 e. The number of H-pyrrole nitrogens is 1. The van der Waals surface area contributed by atoms with Gasteiger partial charge in [0.15, 0.2) is 0 Å². The Morgan fingerprint density at radius 3 is 2.68 bits per heavy atom. The molecule has 1 fully saturated rings. The van der Waals surface area contributed by atoms with E-state index in [2.05, 4.69) is 27.3 Å². The van der Waals surface area contributed by atoms with Crippen LogP contribution in [-0.4, -0.2) is 42.2 Å². The van der Waals surface area contributed by atoms with Gasteiger partial charge in [-0.05, 0) is 36.4 Å². The minimum absolute atomic E-state index is 0.102. The molecule has 0 unspecified atom stereocenters. The molecule has 2 aliphatic heterocycles. The molecule has 0 atom stereocenters. The molecule has 3 heterocycles. The first kappa shape index (κ1) is 20.9. The first-order chi connectivity index (χ1) is 16.7. The minimum Gasteiger partial charge on any atom is -0.371 e. The van der Waals surface area contributed by atoms with E-state index in [1.165, 1.54) is 17.4 Å². The highest BCUT2D eigenvalue weighted by atomic mass is 32.2. The van der Waals surface area contributed by atoms with Gasteiger partial charge in [0.05, 0.1) is 17.1 Å². The molecule has 1 aromatic heterocycles. The number of hydrogen-bond acceptors (Lipinski definition) is 4. The maximum atomic E-state index is 13.1. The number of aromatic amines is 1. The minimum atomic E-state index is -0.186. The molecular formula is C27H24N4O2S. The lowest BCUT2D eigenvalue weighted by Crippen LogP contribution is -2.53. The van der Waals surface area contributed by atoms with Gasteiger partial charge in [-0.1, -0.05) is 36.4 Å². The molecule has 7 heteroatoms. The highest BCUT2D eigenvalue weighted by molar-refractivity contribution is 8.00. The highest BCUT2D eigenvalue weighted by Gasteiger charge is 2.33. The van der Waals surface area contributed by atoms with Crippen LogP contribution in [0.5, 0.6) is 0 Å². The van der Waals surface area contributed by atoms with E-state index in [-0.39, 0.29) is 11.8 Å². The fourth-order valence-corrected chi connectivity index (χ4v) is 5.62. The summed E-state index contributed by atoms with van der Waals surface area (Å²) in [6.07, 6.45) is 1.81. The zero-order valence-electron chi connectivity index (χ0n) is 18.5. The number of anilines is 3. The van der Waals surface area contributed by atoms with Crippen LogP contribution in [0.15, 0.2) is 83.9 Å². The van der Waals surface area contributed by atoms with Gasteiger partial charge in [0, 0.05) is 58.8 Å². The standard InChI is InChI=1S/C27H24N4O2S/c32-26-17-34-25-11-10-19(27(33)29-23-13-28-22-9-5-4-8-21(22)23)12-24(25)31(26)16-18-14-30(15-18)20-6-2-1-3-7-20/h1-13,18,28H,14-17H2,(H,29,33). The van der Waals surface area contributed by atoms with Gasteiger partial charge >= 0.3 is 0 Å². The molecule has 0 saturated carbocycles. The Balaban J connectivity index is 1.19. The van der Waals surface area contributed by atoms with E-state index in [1.807, 2.05) is 71.8 Å². The van der Waals surface area contributed by atoms with E-state index in [0.29, 0.717) is 23.8 Å². The molecule has 170 valence electrons. The normalized spacial score (nSPS) is 15.8. The smallest absolute Gasteiger partial charge is 0.255 e. The van der Waals surface area contributed by atoms with Crippen molar-refractivity contribution in [3.05, 3.63) is 84.6 Å². The third kappa shape index (κ3) is 3.82. The Morgan fingerprint density at radius 2 is 1.82 bits per heavy atom. The lowest BCUT2D eigenvalue weighted by Gasteiger charge is -2.44. The van der Waals surface area contributed by atoms with E-state index >= 15 is 0 Å². The van der Waals surface area contributed by atoms with Crippen molar-refractivity contribution in [1.29, 1.82) is 0 Å². The molecule has 6 rings (SSSR count). The van der Waals surface area contributed by atoms with Crippen molar-refractivity contribution in [2.45, 2.75) is 4.90 Å². The summed E-state index contributed by atoms with van der Waals surface area (Å²) in [6.45, 7) is 2.53. The SMILES string of the molecule is O=C(Nc1c[nH]c2ccccc12)c1ccc2c(c1)N(CC1CN(c3ccccc3)C1)C(=O)CS2. The van der Waals surface area contributed by atoms with Crippen molar-refractivity contribution in [2.75, 3.05) is 40.5 Å². The average molecular weight is 469 g/mol. The van der Waals surface area contributed by atoms with Gasteiger partial charge in [-0.2, -0.15) is 0 Å². The Labute approximate surface area is 201 Å². The quantitative estimate of drug-likeness (QED) is 0.433. The van der Waals surface area contributed by atoms with Crippen molar-refractivity contribution in [2.24, 2.45) is 5.92 Å². The fourth-order valence-electron chi connectivity index (χ4n) is 4.71. The van der Waals surface area contributed by atoms with Crippen molar-refractivity contribution < 1.29 is 9.59 Å². The predicted molar refractivity (Wildman–Crippen MR) is 138 cm³/mol. The molecule has 34 heavy (non-hydrogen) atoms. The zero-order valence-corrected chi connectivity index (χ0v) is 19.3. The van der Waals surface area contributed by atoms with Crippen LogP contribution in [0.2, 0.25) is 0 Å². The van der Waals surface area contributed by atoms with Crippen LogP contribution in [0, 0.1) is 5.92 Å². The third-order valence-corrected chi connectivity index (χ3v) is 7.57. The van der Waals surface area contributed by atoms with Gasteiger partial charge < -0.3 is 20.1 Å². The number of thioether (sulfide) groups is 1. The number of fused-ring (bicyclic) bond motifs is 2. The molecule has 2 amide bonds. The number of amides is 2. The number of aromatic nitrogens is 1. The highest BCUT2D eigenvalue weighted by Crippen LogP contribution is 2.38. The number of benzene rings is 3. The number of carbonyl (C=O) groups is 2. The van der Waals surface area contributed by atoms with Crippen LogP contribution >= 0.6 is 11.8 Å². The second-order valence-electron chi connectivity index (χ2n) is 8.78. The molecule has 0 radical (unpaired) electrons. The second kappa shape index (κ2) is 8.57. The van der Waals surface area contributed by atoms with Gasteiger partial charge in [-0.3, -0.25) is 9.59 Å². The maximum absolute atomic E-state index is 13.1. The van der Waals surface area contributed by atoms with Gasteiger partial charge in [0.1, 0.15) is 0 Å². The monoisotopic (exact) mass is 468 g/mol. The predicted octanol–water partition coefficient (Wildman–Crippen LogP) is 5.00. The lowest BCUT2D eigenvalue weighted by atomic mass is 9.98. The van der Waals surface area contributed by atoms with Crippen LogP contribution < -0.4 is 15.1 Å². The summed E-state index contributed by atoms with van der Waals surface area (Å²) in [5.41, 5.74) is 4.32. The Morgan fingerprint density at radius 1 is 1.03 bits per heavy atom. The van der Waals surface area contributed by atoms with Crippen LogP contribution in [0.1, 0.15) is 10.4 Å². The van der Waals surface area contributed by atoms with Crippen molar-refractivity contribution in [1.82, 2.24) is 4.98 Å². The third-order valence-electron chi connectivity index (χ3n) is 6.52. The van der Waals surface area contributed by atoms with E-state index in [4.69, 9.17) is 0 Å². The van der Waals surface area contributed by atoms with Crippen molar-refractivity contribution >= 4 is 51.5 Å². The van der Waals surface area contributed by atoms with Crippen LogP contribution in [0.4, 0.5) is 17.1 Å². The Kier molecular flexibility index (Phi) is 5.26. The Hall–Kier alpha value is -3.71. The average Bonchev–Trinajstić information content (AvgIpc) is 3.25. The van der Waals surface area contributed by atoms with Crippen molar-refractivity contribution in [3.8, 4) is 0 Å². The number of carbonyl (C=O) groups excluding carboxylic acids is 2. The number of hydrogen-bond donors (Lipinski definition) is 2. The van der Waals surface area contributed by atoms with Gasteiger partial charge in [-0.25, -0.2) is 0 Å². The van der Waals surface area contributed by atoms with Crippen LogP contribution in [-0.2, 0) is 4.79 Å². The topological polar surface area (TPSA) is 68.4 Å². The summed E-state index contributed by atoms with van der Waals surface area (Å²) in [6, 6.07) is 23.9. The fraction of sp³-hybridized carbons (Fsp3) is 0.185. The van der Waals surface area contributed by atoms with Gasteiger partial charge in [0.25, 0.3) is 5.91 Å². The van der Waals surface area contributed by atoms with E-state index in [0.717, 1.165) is 40.3 Å². The Bertz CT molecular complexity index is 1380. The number of para-hydroxylation sites is 2. The summed E-state index contributed by atoms with van der Waals surface area (Å²) < 4.78 is 0. The molecule has 1 saturated heterocycles. The zero-order chi connectivity index (χ0) is 23.1. The number of nitrogens with one attached hydrogen (secondary N) is 2. The van der Waals surface area contributed by atoms with Crippen LogP contribution in [0.25, 0.3) is 10.9 Å². The van der Waals surface area contributed by atoms with Crippen molar-refractivity contribution in [3.63, 3.8) is 0 Å². The molecule has 0 spiro atoms. The van der Waals surface area contributed by atoms with E-state index in [1.54, 1.807) is 0 Å². The summed E-state index contributed by atoms with van der Waals surface area (Å²) in [4.78, 5) is 34.4. The van der Waals surface area contributed by atoms with E-state index in [9.17, 15) is 9.59 Å². The second-order valence-corrected chi connectivity index (χ2v) is 9.80. The molecule has 3 aromatic carbocycles. The summed E-state index contributed by atoms with van der Waals surface area (Å²) in [7, 11) is 0. The lowest BCUT2D eigenvalue weighted by molar-refractivity contribution is -0.116. The summed E-state index contributed by atoms with van der Waals surface area (Å²) in [5, 5.41) is 3.98. The van der Waals surface area contributed by atoms with Gasteiger partial charge in [-0.15, -0.1) is 11.8 Å². The maximum Gasteiger partial charge on any atom is 0.255 e. The number of nitrogens with zero attached hydrogens (tertiary/aromatic N) is 2. The van der Waals surface area contributed by atoms with Gasteiger partial charge in [0.2, 0.25) is 5.91 Å². The summed E-state index contributed by atoms with van der Waals surface area (Å²) in [5.74, 6) is 0.756. The molecule has 4 aromatic rings. The van der Waals surface area contributed by atoms with Crippen LogP contribution in [0.3, 0.4) is 0 Å². The number of rotatable bonds is 5. The molecule has 0 aliphatic carbocycles. The molecular weight excluding hydrogens is 444 g/mol.